The highest BCUT2D eigenvalue weighted by atomic mass is 32.2. The average molecular weight is 319 g/mol. The van der Waals surface area contributed by atoms with E-state index in [1.54, 1.807) is 0 Å². The Morgan fingerprint density at radius 2 is 1.86 bits per heavy atom. The number of hydrogen-bond acceptors (Lipinski definition) is 5. The van der Waals surface area contributed by atoms with E-state index in [4.69, 9.17) is 0 Å². The molecule has 4 rings (SSSR count). The minimum atomic E-state index is 0.808. The maximum absolute atomic E-state index is 4.46. The Bertz CT molecular complexity index is 598. The van der Waals surface area contributed by atoms with Crippen molar-refractivity contribution in [3.05, 3.63) is 23.7 Å². The van der Waals surface area contributed by atoms with Gasteiger partial charge in [-0.2, -0.15) is 11.8 Å². The van der Waals surface area contributed by atoms with E-state index in [1.807, 2.05) is 17.5 Å². The summed E-state index contributed by atoms with van der Waals surface area (Å²) in [4.78, 5) is 9.75. The summed E-state index contributed by atoms with van der Waals surface area (Å²) in [6.07, 6.45) is 4.57. The monoisotopic (exact) mass is 319 g/mol. The molecule has 2 fully saturated rings. The van der Waals surface area contributed by atoms with Gasteiger partial charge in [-0.3, -0.25) is 9.88 Å². The number of rotatable bonds is 2. The fraction of sp³-hybridized carbons (Fsp3) is 0.562. The van der Waals surface area contributed by atoms with Gasteiger partial charge in [0.2, 0.25) is 0 Å². The maximum atomic E-state index is 4.46. The number of anilines is 1. The van der Waals surface area contributed by atoms with Gasteiger partial charge in [0.1, 0.15) is 0 Å². The van der Waals surface area contributed by atoms with Crippen molar-refractivity contribution in [1.29, 1.82) is 0 Å². The molecule has 2 saturated heterocycles. The molecule has 2 aliphatic heterocycles. The van der Waals surface area contributed by atoms with Crippen molar-refractivity contribution >= 4 is 39.0 Å². The predicted molar refractivity (Wildman–Crippen MR) is 93.8 cm³/mol. The molecule has 2 aromatic heterocycles. The van der Waals surface area contributed by atoms with Crippen molar-refractivity contribution in [2.75, 3.05) is 42.6 Å². The van der Waals surface area contributed by atoms with Crippen LogP contribution < -0.4 is 4.90 Å². The Morgan fingerprint density at radius 1 is 1.05 bits per heavy atom. The Balaban J connectivity index is 1.46. The van der Waals surface area contributed by atoms with Crippen LogP contribution in [0.1, 0.15) is 12.8 Å². The molecule has 21 heavy (non-hydrogen) atoms. The highest BCUT2D eigenvalue weighted by Gasteiger charge is 2.26. The number of pyridine rings is 1. The number of fused-ring (bicyclic) bond motifs is 1. The van der Waals surface area contributed by atoms with Gasteiger partial charge in [0.25, 0.3) is 0 Å². The standard InChI is InChI=1S/C16H21N3S2/c1-5-17-14-4-10-21-16(14)15(1)19-6-2-13(3-7-19)18-8-11-20-12-9-18/h1,4-5,10,13H,2-3,6-9,11-12H2. The number of piperidine rings is 1. The summed E-state index contributed by atoms with van der Waals surface area (Å²) < 4.78 is 1.35. The number of aromatic nitrogens is 1. The molecule has 0 unspecified atom stereocenters. The summed E-state index contributed by atoms with van der Waals surface area (Å²) in [5.74, 6) is 2.64. The van der Waals surface area contributed by atoms with Gasteiger partial charge in [-0.15, -0.1) is 11.3 Å². The third kappa shape index (κ3) is 2.79. The van der Waals surface area contributed by atoms with Crippen LogP contribution in [0.15, 0.2) is 23.7 Å². The van der Waals surface area contributed by atoms with Gasteiger partial charge in [0.05, 0.1) is 15.9 Å². The van der Waals surface area contributed by atoms with Gasteiger partial charge in [-0.1, -0.05) is 0 Å². The Labute approximate surface area is 134 Å². The van der Waals surface area contributed by atoms with E-state index in [9.17, 15) is 0 Å². The van der Waals surface area contributed by atoms with E-state index in [0.717, 1.165) is 11.6 Å². The van der Waals surface area contributed by atoms with E-state index < -0.39 is 0 Å². The van der Waals surface area contributed by atoms with Gasteiger partial charge in [0.15, 0.2) is 0 Å². The summed E-state index contributed by atoms with van der Waals surface area (Å²) in [6, 6.07) is 5.13. The van der Waals surface area contributed by atoms with Crippen LogP contribution in [0.2, 0.25) is 0 Å². The molecule has 0 aliphatic carbocycles. The minimum Gasteiger partial charge on any atom is -0.370 e. The van der Waals surface area contributed by atoms with Gasteiger partial charge in [-0.25, -0.2) is 0 Å². The second-order valence-corrected chi connectivity index (χ2v) is 7.97. The number of thioether (sulfide) groups is 1. The smallest absolute Gasteiger partial charge is 0.0830 e. The molecule has 112 valence electrons. The summed E-state index contributed by atoms with van der Waals surface area (Å²) in [5, 5.41) is 2.15. The third-order valence-electron chi connectivity index (χ3n) is 4.69. The minimum absolute atomic E-state index is 0.808. The van der Waals surface area contributed by atoms with Crippen LogP contribution in [0.25, 0.3) is 10.2 Å². The molecule has 0 N–H and O–H groups in total. The first kappa shape index (κ1) is 13.9. The molecular weight excluding hydrogens is 298 g/mol. The van der Waals surface area contributed by atoms with E-state index in [0.29, 0.717) is 0 Å². The molecule has 2 aliphatic rings. The molecule has 3 nitrogen and oxygen atoms in total. The van der Waals surface area contributed by atoms with Crippen LogP contribution >= 0.6 is 23.1 Å². The normalized spacial score (nSPS) is 22.0. The van der Waals surface area contributed by atoms with Crippen molar-refractivity contribution in [3.8, 4) is 0 Å². The Morgan fingerprint density at radius 3 is 2.67 bits per heavy atom. The maximum Gasteiger partial charge on any atom is 0.0830 e. The first-order valence-corrected chi connectivity index (χ1v) is 9.84. The molecule has 0 atom stereocenters. The van der Waals surface area contributed by atoms with Crippen LogP contribution in [0.5, 0.6) is 0 Å². The Kier molecular flexibility index (Phi) is 4.05. The van der Waals surface area contributed by atoms with Gasteiger partial charge in [-0.05, 0) is 30.4 Å². The summed E-state index contributed by atoms with van der Waals surface area (Å²) in [5.41, 5.74) is 2.54. The van der Waals surface area contributed by atoms with Crippen molar-refractivity contribution in [2.45, 2.75) is 18.9 Å². The lowest BCUT2D eigenvalue weighted by Gasteiger charge is -2.40. The highest BCUT2D eigenvalue weighted by Crippen LogP contribution is 2.32. The topological polar surface area (TPSA) is 19.4 Å². The zero-order valence-corrected chi connectivity index (χ0v) is 13.8. The Hall–Kier alpha value is -0.780. The van der Waals surface area contributed by atoms with E-state index in [2.05, 4.69) is 44.1 Å². The fourth-order valence-electron chi connectivity index (χ4n) is 3.52. The molecule has 5 heteroatoms. The molecule has 0 saturated carbocycles. The lowest BCUT2D eigenvalue weighted by molar-refractivity contribution is 0.186. The van der Waals surface area contributed by atoms with Crippen molar-refractivity contribution < 1.29 is 0 Å². The van der Waals surface area contributed by atoms with Crippen LogP contribution in [-0.4, -0.2) is 53.6 Å². The zero-order chi connectivity index (χ0) is 14.1. The van der Waals surface area contributed by atoms with E-state index in [-0.39, 0.29) is 0 Å². The molecule has 0 radical (unpaired) electrons. The van der Waals surface area contributed by atoms with Crippen LogP contribution in [0.3, 0.4) is 0 Å². The number of thiophene rings is 1. The van der Waals surface area contributed by atoms with Gasteiger partial charge < -0.3 is 4.90 Å². The second-order valence-electron chi connectivity index (χ2n) is 5.83. The molecule has 0 aromatic carbocycles. The molecule has 2 aromatic rings. The highest BCUT2D eigenvalue weighted by molar-refractivity contribution is 7.99. The molecule has 0 amide bonds. The van der Waals surface area contributed by atoms with E-state index >= 15 is 0 Å². The lowest BCUT2D eigenvalue weighted by Crippen LogP contribution is -2.47. The molecular formula is C16H21N3S2. The summed E-state index contributed by atoms with van der Waals surface area (Å²) in [7, 11) is 0. The average Bonchev–Trinajstić information content (AvgIpc) is 3.04. The van der Waals surface area contributed by atoms with E-state index in [1.165, 1.54) is 60.9 Å². The molecule has 4 heterocycles. The first-order valence-electron chi connectivity index (χ1n) is 7.81. The predicted octanol–water partition coefficient (Wildman–Crippen LogP) is 3.31. The number of nitrogens with zero attached hydrogens (tertiary/aromatic N) is 3. The third-order valence-corrected chi connectivity index (χ3v) is 6.56. The summed E-state index contributed by atoms with van der Waals surface area (Å²) >= 11 is 3.92. The van der Waals surface area contributed by atoms with Crippen molar-refractivity contribution in [2.24, 2.45) is 0 Å². The SMILES string of the molecule is c1cc(N2CCC(N3CCSCC3)CC2)c2sccc2n1. The second kappa shape index (κ2) is 6.15. The van der Waals surface area contributed by atoms with Crippen LogP contribution in [0, 0.1) is 0 Å². The van der Waals surface area contributed by atoms with Crippen LogP contribution in [0.4, 0.5) is 5.69 Å². The first-order chi connectivity index (χ1) is 10.4. The van der Waals surface area contributed by atoms with Crippen molar-refractivity contribution in [3.63, 3.8) is 0 Å². The molecule has 0 spiro atoms. The van der Waals surface area contributed by atoms with Gasteiger partial charge >= 0.3 is 0 Å². The lowest BCUT2D eigenvalue weighted by atomic mass is 10.0. The quantitative estimate of drug-likeness (QED) is 0.845. The molecule has 0 bridgehead atoms. The summed E-state index contributed by atoms with van der Waals surface area (Å²) in [6.45, 7) is 4.95. The largest absolute Gasteiger partial charge is 0.370 e. The number of hydrogen-bond donors (Lipinski definition) is 0. The van der Waals surface area contributed by atoms with Gasteiger partial charge in [0, 0.05) is 49.9 Å². The fourth-order valence-corrected chi connectivity index (χ4v) is 5.35. The van der Waals surface area contributed by atoms with Crippen LogP contribution in [-0.2, 0) is 0 Å². The zero-order valence-electron chi connectivity index (χ0n) is 12.2. The van der Waals surface area contributed by atoms with Crippen molar-refractivity contribution in [1.82, 2.24) is 9.88 Å².